The van der Waals surface area contributed by atoms with Crippen molar-refractivity contribution in [1.82, 2.24) is 0 Å². The highest BCUT2D eigenvalue weighted by Gasteiger charge is 2.16. The monoisotopic (exact) mass is 947 g/mol. The van der Waals surface area contributed by atoms with Crippen LogP contribution in [0.5, 0.6) is 0 Å². The molecule has 0 spiro atoms. The van der Waals surface area contributed by atoms with Gasteiger partial charge in [0.05, 0.1) is 6.61 Å². The molecule has 0 aliphatic rings. The topological polar surface area (TPSA) is 72.8 Å². The molecule has 0 aromatic rings. The zero-order valence-corrected chi connectivity index (χ0v) is 46.0. The fourth-order valence-electron chi connectivity index (χ4n) is 9.97. The highest BCUT2D eigenvalue weighted by Crippen LogP contribution is 2.19. The number of hydrogen-bond donors (Lipinski definition) is 1. The van der Waals surface area contributed by atoms with E-state index in [2.05, 4.69) is 13.8 Å². The molecule has 0 aliphatic heterocycles. The molecule has 1 unspecified atom stereocenters. The first-order valence-electron chi connectivity index (χ1n) is 31.1. The van der Waals surface area contributed by atoms with E-state index in [0.717, 1.165) is 32.1 Å². The molecule has 0 amide bonds. The Morgan fingerprint density at radius 1 is 0.284 bits per heavy atom. The molecule has 0 aromatic carbocycles. The molecule has 400 valence electrons. The number of ether oxygens (including phenoxy) is 2. The van der Waals surface area contributed by atoms with E-state index in [0.29, 0.717) is 12.8 Å². The van der Waals surface area contributed by atoms with Crippen molar-refractivity contribution in [3.8, 4) is 0 Å². The van der Waals surface area contributed by atoms with Gasteiger partial charge >= 0.3 is 11.9 Å². The van der Waals surface area contributed by atoms with Gasteiger partial charge in [0.15, 0.2) is 6.10 Å². The minimum Gasteiger partial charge on any atom is -0.462 e. The van der Waals surface area contributed by atoms with Gasteiger partial charge in [0.25, 0.3) is 0 Å². The van der Waals surface area contributed by atoms with Crippen LogP contribution in [0.1, 0.15) is 367 Å². The minimum absolute atomic E-state index is 0.0561. The number of aliphatic hydroxyl groups is 1. The molecule has 0 fully saturated rings. The van der Waals surface area contributed by atoms with Gasteiger partial charge in [-0.3, -0.25) is 9.59 Å². The number of carbonyl (C=O) groups is 2. The van der Waals surface area contributed by atoms with Crippen molar-refractivity contribution in [2.24, 2.45) is 0 Å². The third-order valence-electron chi connectivity index (χ3n) is 14.7. The maximum Gasteiger partial charge on any atom is 0.306 e. The van der Waals surface area contributed by atoms with Crippen molar-refractivity contribution in [2.45, 2.75) is 373 Å². The van der Waals surface area contributed by atoms with Crippen LogP contribution in [0.15, 0.2) is 0 Å². The van der Waals surface area contributed by atoms with Gasteiger partial charge in [0.1, 0.15) is 6.61 Å². The van der Waals surface area contributed by atoms with E-state index in [1.54, 1.807) is 0 Å². The Morgan fingerprint density at radius 2 is 0.463 bits per heavy atom. The van der Waals surface area contributed by atoms with Gasteiger partial charge in [0, 0.05) is 12.8 Å². The third kappa shape index (κ3) is 57.4. The predicted octanol–water partition coefficient (Wildman–Crippen LogP) is 20.9. The zero-order chi connectivity index (χ0) is 48.5. The van der Waals surface area contributed by atoms with Crippen molar-refractivity contribution < 1.29 is 24.2 Å². The SMILES string of the molecule is CCCCCCCCCCCCCCCCCCCCCCCCCCCCCCCCCCCCCCCCCC(=O)OC(CO)COC(=O)CCCCCCCCCCCCCCCC. The van der Waals surface area contributed by atoms with E-state index < -0.39 is 6.10 Å². The largest absolute Gasteiger partial charge is 0.462 e. The molecular weight excluding hydrogens is 825 g/mol. The van der Waals surface area contributed by atoms with Gasteiger partial charge < -0.3 is 14.6 Å². The maximum atomic E-state index is 12.3. The summed E-state index contributed by atoms with van der Waals surface area (Å²) in [6.45, 7) is 4.20. The first kappa shape index (κ1) is 65.9. The summed E-state index contributed by atoms with van der Waals surface area (Å²) >= 11 is 0. The van der Waals surface area contributed by atoms with Crippen LogP contribution in [0.4, 0.5) is 0 Å². The average Bonchev–Trinajstić information content (AvgIpc) is 3.33. The van der Waals surface area contributed by atoms with Crippen molar-refractivity contribution in [2.75, 3.05) is 13.2 Å². The lowest BCUT2D eigenvalue weighted by atomic mass is 10.0. The lowest BCUT2D eigenvalue weighted by molar-refractivity contribution is -0.161. The molecule has 0 saturated heterocycles. The van der Waals surface area contributed by atoms with E-state index in [1.165, 1.54) is 308 Å². The first-order valence-corrected chi connectivity index (χ1v) is 31.1. The smallest absolute Gasteiger partial charge is 0.306 e. The molecule has 0 bridgehead atoms. The van der Waals surface area contributed by atoms with E-state index in [1.807, 2.05) is 0 Å². The predicted molar refractivity (Wildman–Crippen MR) is 293 cm³/mol. The standard InChI is InChI=1S/C62H122O5/c1-3-5-7-9-11-13-15-17-19-20-21-22-23-24-25-26-27-28-29-30-31-32-33-34-35-36-37-38-39-40-41-42-43-45-47-49-51-53-55-57-62(65)67-60(58-63)59-66-61(64)56-54-52-50-48-46-44-18-16-14-12-10-8-6-4-2/h60,63H,3-59H2,1-2H3. The Morgan fingerprint density at radius 3 is 0.657 bits per heavy atom. The first-order chi connectivity index (χ1) is 33.1. The average molecular weight is 948 g/mol. The van der Waals surface area contributed by atoms with Crippen molar-refractivity contribution in [3.05, 3.63) is 0 Å². The van der Waals surface area contributed by atoms with Crippen LogP contribution in [0.2, 0.25) is 0 Å². The van der Waals surface area contributed by atoms with Crippen LogP contribution in [0.3, 0.4) is 0 Å². The molecule has 0 aliphatic carbocycles. The number of hydrogen-bond acceptors (Lipinski definition) is 5. The Balaban J connectivity index is 3.31. The van der Waals surface area contributed by atoms with Crippen LogP contribution in [-0.2, 0) is 19.1 Å². The minimum atomic E-state index is -0.763. The summed E-state index contributed by atoms with van der Waals surface area (Å²) in [4.78, 5) is 24.5. The van der Waals surface area contributed by atoms with Gasteiger partial charge in [-0.1, -0.05) is 341 Å². The third-order valence-corrected chi connectivity index (χ3v) is 14.7. The molecule has 1 N–H and O–H groups in total. The quantitative estimate of drug-likeness (QED) is 0.0486. The van der Waals surface area contributed by atoms with Gasteiger partial charge in [0.2, 0.25) is 0 Å². The fourth-order valence-corrected chi connectivity index (χ4v) is 9.97. The van der Waals surface area contributed by atoms with E-state index in [4.69, 9.17) is 9.47 Å². The Bertz CT molecular complexity index is 937. The summed E-state index contributed by atoms with van der Waals surface area (Å²) in [6, 6.07) is 0. The van der Waals surface area contributed by atoms with Gasteiger partial charge in [-0.15, -0.1) is 0 Å². The van der Waals surface area contributed by atoms with Crippen LogP contribution in [0.25, 0.3) is 0 Å². The fraction of sp³-hybridized carbons (Fsp3) is 0.968. The number of unbranched alkanes of at least 4 members (excludes halogenated alkanes) is 51. The van der Waals surface area contributed by atoms with E-state index in [9.17, 15) is 14.7 Å². The van der Waals surface area contributed by atoms with Crippen LogP contribution < -0.4 is 0 Å². The van der Waals surface area contributed by atoms with Gasteiger partial charge in [-0.05, 0) is 12.8 Å². The normalized spacial score (nSPS) is 12.0. The summed E-state index contributed by atoms with van der Waals surface area (Å²) in [5.74, 6) is -0.566. The van der Waals surface area contributed by atoms with E-state index >= 15 is 0 Å². The van der Waals surface area contributed by atoms with Crippen LogP contribution in [0, 0.1) is 0 Å². The van der Waals surface area contributed by atoms with E-state index in [-0.39, 0.29) is 25.2 Å². The zero-order valence-electron chi connectivity index (χ0n) is 46.0. The molecule has 0 saturated carbocycles. The Labute approximate surface area is 420 Å². The molecule has 0 radical (unpaired) electrons. The summed E-state index contributed by atoms with van der Waals surface area (Å²) in [5.41, 5.74) is 0. The van der Waals surface area contributed by atoms with Crippen LogP contribution in [-0.4, -0.2) is 36.4 Å². The maximum absolute atomic E-state index is 12.3. The van der Waals surface area contributed by atoms with Crippen molar-refractivity contribution in [3.63, 3.8) is 0 Å². The molecule has 0 rings (SSSR count). The summed E-state index contributed by atoms with van der Waals surface area (Å²) < 4.78 is 10.7. The second-order valence-electron chi connectivity index (χ2n) is 21.5. The number of rotatable bonds is 59. The highest BCUT2D eigenvalue weighted by molar-refractivity contribution is 5.70. The molecule has 5 nitrogen and oxygen atoms in total. The second-order valence-corrected chi connectivity index (χ2v) is 21.5. The van der Waals surface area contributed by atoms with Crippen molar-refractivity contribution in [1.29, 1.82) is 0 Å². The molecule has 1 atom stereocenters. The van der Waals surface area contributed by atoms with Gasteiger partial charge in [-0.2, -0.15) is 0 Å². The van der Waals surface area contributed by atoms with Gasteiger partial charge in [-0.25, -0.2) is 0 Å². The number of aliphatic hydroxyl groups excluding tert-OH is 1. The number of carbonyl (C=O) groups excluding carboxylic acids is 2. The van der Waals surface area contributed by atoms with Crippen molar-refractivity contribution >= 4 is 11.9 Å². The molecule has 5 heteroatoms. The summed E-state index contributed by atoms with van der Waals surface area (Å²) in [6.07, 6.45) is 72.7. The lowest BCUT2D eigenvalue weighted by Gasteiger charge is -2.15. The lowest BCUT2D eigenvalue weighted by Crippen LogP contribution is -2.28. The second kappa shape index (κ2) is 59.2. The molecule has 0 heterocycles. The summed E-state index contributed by atoms with van der Waals surface area (Å²) in [7, 11) is 0. The molecule has 67 heavy (non-hydrogen) atoms. The highest BCUT2D eigenvalue weighted by atomic mass is 16.6. The molecular formula is C62H122O5. The molecule has 0 aromatic heterocycles. The Kier molecular flexibility index (Phi) is 58.2. The number of esters is 2. The summed E-state index contributed by atoms with van der Waals surface area (Å²) in [5, 5.41) is 9.64. The Hall–Kier alpha value is -1.10. The van der Waals surface area contributed by atoms with Crippen LogP contribution >= 0.6 is 0 Å².